The number of fused-ring (bicyclic) bond motifs is 5. The van der Waals surface area contributed by atoms with Crippen LogP contribution in [0.5, 0.6) is 0 Å². The number of ether oxygens (including phenoxy) is 1. The van der Waals surface area contributed by atoms with E-state index in [1.165, 1.54) is 6.08 Å². The molecule has 6 heteroatoms. The van der Waals surface area contributed by atoms with Crippen molar-refractivity contribution in [3.05, 3.63) is 22.8 Å². The van der Waals surface area contributed by atoms with E-state index in [-0.39, 0.29) is 58.4 Å². The molecule has 0 aliphatic heterocycles. The number of aliphatic hydroxyl groups excluding tert-OH is 1. The van der Waals surface area contributed by atoms with Crippen molar-refractivity contribution < 1.29 is 23.8 Å². The largest absolute Gasteiger partial charge is 0.461 e. The molecule has 4 aliphatic carbocycles. The van der Waals surface area contributed by atoms with Crippen LogP contribution in [0.3, 0.4) is 0 Å². The lowest BCUT2D eigenvalue weighted by Gasteiger charge is -2.59. The Hall–Kier alpha value is -1.20. The van der Waals surface area contributed by atoms with Crippen LogP contribution in [0.2, 0.25) is 0 Å². The molecule has 4 nitrogen and oxygen atoms in total. The average molecular weight is 425 g/mol. The highest BCUT2D eigenvalue weighted by molar-refractivity contribution is 6.45. The van der Waals surface area contributed by atoms with Crippen LogP contribution in [0.15, 0.2) is 22.8 Å². The summed E-state index contributed by atoms with van der Waals surface area (Å²) in [7, 11) is 0. The van der Waals surface area contributed by atoms with Crippen molar-refractivity contribution in [2.24, 2.45) is 34.5 Å². The minimum Gasteiger partial charge on any atom is -0.461 e. The molecule has 1 N–H and O–H groups in total. The standard InChI is InChI=1S/C23H30ClFO4/c1-5-17(28)29-21-11(2)8-13-12-9-14(25)19-20(24)15(26)6-7-22(19,3)18(12)16(27)10-23(13,21)4/h6-7,11-14,16,18,21,27H,5,8-10H2,1-4H3/t11-,12-,13-,14-,16-,18+,21+,22+,23-/m0/s1. The topological polar surface area (TPSA) is 63.6 Å². The van der Waals surface area contributed by atoms with E-state index < -0.39 is 17.7 Å². The number of hydrogen-bond acceptors (Lipinski definition) is 4. The number of carbonyl (C=O) groups excluding carboxylic acids is 2. The molecule has 0 aromatic rings. The second-order valence-electron chi connectivity index (χ2n) is 9.96. The van der Waals surface area contributed by atoms with Gasteiger partial charge in [-0.1, -0.05) is 45.4 Å². The molecule has 0 saturated heterocycles. The van der Waals surface area contributed by atoms with E-state index in [4.69, 9.17) is 16.3 Å². The highest BCUT2D eigenvalue weighted by atomic mass is 35.5. The molecule has 0 radical (unpaired) electrons. The van der Waals surface area contributed by atoms with Gasteiger partial charge in [-0.15, -0.1) is 0 Å². The maximum atomic E-state index is 15.4. The van der Waals surface area contributed by atoms with Crippen LogP contribution >= 0.6 is 11.6 Å². The molecular formula is C23H30ClFO4. The number of rotatable bonds is 2. The molecular weight excluding hydrogens is 395 g/mol. The Balaban J connectivity index is 1.75. The lowest BCUT2D eigenvalue weighted by Crippen LogP contribution is -2.59. The summed E-state index contributed by atoms with van der Waals surface area (Å²) in [6, 6.07) is 0. The van der Waals surface area contributed by atoms with Gasteiger partial charge in [0.25, 0.3) is 0 Å². The summed E-state index contributed by atoms with van der Waals surface area (Å²) in [4.78, 5) is 24.1. The summed E-state index contributed by atoms with van der Waals surface area (Å²) in [5, 5.41) is 11.3. The Morgan fingerprint density at radius 3 is 2.72 bits per heavy atom. The molecule has 0 amide bonds. The summed E-state index contributed by atoms with van der Waals surface area (Å²) in [5.41, 5.74) is -0.842. The molecule has 160 valence electrons. The van der Waals surface area contributed by atoms with Crippen LogP contribution in [0.25, 0.3) is 0 Å². The van der Waals surface area contributed by atoms with E-state index in [2.05, 4.69) is 13.8 Å². The number of ketones is 1. The van der Waals surface area contributed by atoms with Gasteiger partial charge in [-0.2, -0.15) is 0 Å². The molecule has 9 atom stereocenters. The average Bonchev–Trinajstić information content (AvgIpc) is 2.89. The van der Waals surface area contributed by atoms with Gasteiger partial charge < -0.3 is 9.84 Å². The minimum absolute atomic E-state index is 0.0315. The summed E-state index contributed by atoms with van der Waals surface area (Å²) in [6.07, 6.45) is 2.77. The normalized spacial score (nSPS) is 48.8. The fraction of sp³-hybridized carbons (Fsp3) is 0.739. The predicted octanol–water partition coefficient (Wildman–Crippen LogP) is 4.35. The highest BCUT2D eigenvalue weighted by Gasteiger charge is 2.65. The summed E-state index contributed by atoms with van der Waals surface area (Å²) in [5.74, 6) is -0.583. The molecule has 3 saturated carbocycles. The Bertz CT molecular complexity index is 807. The smallest absolute Gasteiger partial charge is 0.305 e. The number of hydrogen-bond donors (Lipinski definition) is 1. The zero-order valence-corrected chi connectivity index (χ0v) is 18.2. The van der Waals surface area contributed by atoms with Gasteiger partial charge in [-0.25, -0.2) is 4.39 Å². The first-order valence-corrected chi connectivity index (χ1v) is 11.1. The Morgan fingerprint density at radius 1 is 1.38 bits per heavy atom. The number of carbonyl (C=O) groups is 2. The van der Waals surface area contributed by atoms with Crippen LogP contribution in [0.4, 0.5) is 4.39 Å². The monoisotopic (exact) mass is 424 g/mol. The van der Waals surface area contributed by atoms with E-state index in [0.717, 1.165) is 6.42 Å². The lowest BCUT2D eigenvalue weighted by molar-refractivity contribution is -0.171. The van der Waals surface area contributed by atoms with Crippen molar-refractivity contribution in [3.63, 3.8) is 0 Å². The van der Waals surface area contributed by atoms with Crippen LogP contribution < -0.4 is 0 Å². The van der Waals surface area contributed by atoms with Crippen molar-refractivity contribution in [3.8, 4) is 0 Å². The van der Waals surface area contributed by atoms with Gasteiger partial charge in [0.05, 0.1) is 11.1 Å². The van der Waals surface area contributed by atoms with E-state index in [9.17, 15) is 14.7 Å². The first-order valence-electron chi connectivity index (χ1n) is 10.7. The lowest BCUT2D eigenvalue weighted by atomic mass is 9.47. The molecule has 0 aromatic heterocycles. The van der Waals surface area contributed by atoms with E-state index in [1.54, 1.807) is 13.0 Å². The van der Waals surface area contributed by atoms with Crippen molar-refractivity contribution in [1.82, 2.24) is 0 Å². The third-order valence-corrected chi connectivity index (χ3v) is 8.72. The number of alkyl halides is 1. The molecule has 3 fully saturated rings. The van der Waals surface area contributed by atoms with E-state index in [0.29, 0.717) is 18.4 Å². The molecule has 29 heavy (non-hydrogen) atoms. The fourth-order valence-electron chi connectivity index (χ4n) is 7.23. The second kappa shape index (κ2) is 6.91. The Morgan fingerprint density at radius 2 is 2.07 bits per heavy atom. The number of aliphatic hydroxyl groups is 1. The van der Waals surface area contributed by atoms with Crippen molar-refractivity contribution in [1.29, 1.82) is 0 Å². The van der Waals surface area contributed by atoms with Gasteiger partial charge >= 0.3 is 5.97 Å². The summed E-state index contributed by atoms with van der Waals surface area (Å²) >= 11 is 6.26. The zero-order chi connectivity index (χ0) is 21.3. The van der Waals surface area contributed by atoms with Crippen LogP contribution in [0, 0.1) is 34.5 Å². The van der Waals surface area contributed by atoms with Gasteiger partial charge in [-0.3, -0.25) is 9.59 Å². The van der Waals surface area contributed by atoms with E-state index >= 15 is 4.39 Å². The first kappa shape index (κ1) is 21.0. The van der Waals surface area contributed by atoms with Gasteiger partial charge in [-0.05, 0) is 48.7 Å². The third kappa shape index (κ3) is 2.87. The van der Waals surface area contributed by atoms with Crippen LogP contribution in [-0.2, 0) is 14.3 Å². The molecule has 0 unspecified atom stereocenters. The van der Waals surface area contributed by atoms with Gasteiger partial charge in [0.2, 0.25) is 0 Å². The SMILES string of the molecule is CCC(=O)O[C@@H]1[C@@H](C)C[C@H]2[C@@H]3C[C@H](F)C4=C(Cl)C(=O)C=C[C@]4(C)[C@H]3[C@@H](O)C[C@]12C. The summed E-state index contributed by atoms with van der Waals surface area (Å²) in [6.45, 7) is 7.84. The first-order chi connectivity index (χ1) is 13.5. The zero-order valence-electron chi connectivity index (χ0n) is 17.5. The molecule has 4 aliphatic rings. The van der Waals surface area contributed by atoms with E-state index in [1.807, 2.05) is 6.92 Å². The number of allylic oxidation sites excluding steroid dienone is 4. The quantitative estimate of drug-likeness (QED) is 0.669. The predicted molar refractivity (Wildman–Crippen MR) is 108 cm³/mol. The molecule has 0 aromatic carbocycles. The van der Waals surface area contributed by atoms with Crippen LogP contribution in [0.1, 0.15) is 53.4 Å². The van der Waals surface area contributed by atoms with Crippen molar-refractivity contribution in [2.75, 3.05) is 0 Å². The Kier molecular flexibility index (Phi) is 5.02. The van der Waals surface area contributed by atoms with Gasteiger partial charge in [0.15, 0.2) is 5.78 Å². The Labute approximate surface area is 176 Å². The fourth-order valence-corrected chi connectivity index (χ4v) is 7.62. The van der Waals surface area contributed by atoms with Crippen molar-refractivity contribution in [2.45, 2.75) is 71.8 Å². The second-order valence-corrected chi connectivity index (χ2v) is 10.3. The number of esters is 1. The third-order valence-electron chi connectivity index (χ3n) is 8.33. The van der Waals surface area contributed by atoms with Gasteiger partial charge in [0, 0.05) is 23.2 Å². The maximum absolute atomic E-state index is 15.4. The molecule has 0 spiro atoms. The minimum atomic E-state index is -1.32. The summed E-state index contributed by atoms with van der Waals surface area (Å²) < 4.78 is 21.3. The highest BCUT2D eigenvalue weighted by Crippen LogP contribution is 2.66. The molecule has 0 bridgehead atoms. The van der Waals surface area contributed by atoms with Gasteiger partial charge in [0.1, 0.15) is 12.3 Å². The molecule has 0 heterocycles. The van der Waals surface area contributed by atoms with Crippen LogP contribution in [-0.4, -0.2) is 35.2 Å². The van der Waals surface area contributed by atoms with Crippen molar-refractivity contribution >= 4 is 23.4 Å². The number of halogens is 2. The maximum Gasteiger partial charge on any atom is 0.305 e. The molecule has 4 rings (SSSR count).